The first-order chi connectivity index (χ1) is 7.25. The second-order valence-electron chi connectivity index (χ2n) is 5.08. The van der Waals surface area contributed by atoms with Crippen molar-refractivity contribution in [2.45, 2.75) is 63.2 Å². The third kappa shape index (κ3) is 3.16. The Bertz CT molecular complexity index is 190. The van der Waals surface area contributed by atoms with Gasteiger partial charge in [-0.15, -0.1) is 0 Å². The van der Waals surface area contributed by atoms with Gasteiger partial charge < -0.3 is 15.1 Å². The maximum absolute atomic E-state index is 9.59. The smallest absolute Gasteiger partial charge is 0.0564 e. The van der Waals surface area contributed by atoms with Crippen molar-refractivity contribution in [3.8, 4) is 0 Å². The molecule has 1 saturated carbocycles. The van der Waals surface area contributed by atoms with E-state index < -0.39 is 0 Å². The van der Waals surface area contributed by atoms with Gasteiger partial charge in [0.2, 0.25) is 0 Å². The van der Waals surface area contributed by atoms with E-state index in [1.807, 2.05) is 0 Å². The van der Waals surface area contributed by atoms with Gasteiger partial charge in [-0.05, 0) is 44.9 Å². The quantitative estimate of drug-likeness (QED) is 0.642. The van der Waals surface area contributed by atoms with E-state index in [0.29, 0.717) is 6.04 Å². The molecule has 2 aliphatic rings. The highest BCUT2D eigenvalue weighted by Crippen LogP contribution is 2.24. The topological polar surface area (TPSA) is 43.7 Å². The molecule has 2 rings (SSSR count). The first kappa shape index (κ1) is 11.4. The zero-order valence-corrected chi connectivity index (χ0v) is 9.44. The van der Waals surface area contributed by atoms with Crippen LogP contribution in [-0.2, 0) is 0 Å². The SMILES string of the molecule is OC1CCCC(N2CCC(O)CC2)CC1. The first-order valence-electron chi connectivity index (χ1n) is 6.36. The number of rotatable bonds is 1. The van der Waals surface area contributed by atoms with Crippen LogP contribution >= 0.6 is 0 Å². The number of hydrogen-bond acceptors (Lipinski definition) is 3. The molecule has 15 heavy (non-hydrogen) atoms. The Labute approximate surface area is 92.1 Å². The largest absolute Gasteiger partial charge is 0.393 e. The molecule has 0 amide bonds. The van der Waals surface area contributed by atoms with Crippen LogP contribution in [0, 0.1) is 0 Å². The van der Waals surface area contributed by atoms with Crippen molar-refractivity contribution in [1.82, 2.24) is 4.90 Å². The van der Waals surface area contributed by atoms with Crippen molar-refractivity contribution in [2.75, 3.05) is 13.1 Å². The summed E-state index contributed by atoms with van der Waals surface area (Å²) in [6.45, 7) is 2.09. The summed E-state index contributed by atoms with van der Waals surface area (Å²) in [7, 11) is 0. The number of nitrogens with zero attached hydrogens (tertiary/aromatic N) is 1. The lowest BCUT2D eigenvalue weighted by Crippen LogP contribution is -2.42. The van der Waals surface area contributed by atoms with Crippen LogP contribution in [0.1, 0.15) is 44.9 Å². The molecule has 2 atom stereocenters. The van der Waals surface area contributed by atoms with E-state index in [0.717, 1.165) is 51.6 Å². The van der Waals surface area contributed by atoms with Crippen LogP contribution in [0.3, 0.4) is 0 Å². The van der Waals surface area contributed by atoms with E-state index in [9.17, 15) is 10.2 Å². The monoisotopic (exact) mass is 213 g/mol. The Morgan fingerprint density at radius 2 is 1.40 bits per heavy atom. The van der Waals surface area contributed by atoms with Crippen molar-refractivity contribution in [3.05, 3.63) is 0 Å². The second kappa shape index (κ2) is 5.28. The fraction of sp³-hybridized carbons (Fsp3) is 1.00. The van der Waals surface area contributed by atoms with Crippen LogP contribution in [0.15, 0.2) is 0 Å². The molecule has 0 bridgehead atoms. The van der Waals surface area contributed by atoms with Crippen molar-refractivity contribution < 1.29 is 10.2 Å². The molecule has 0 aromatic heterocycles. The molecule has 2 N–H and O–H groups in total. The molecule has 1 heterocycles. The van der Waals surface area contributed by atoms with Gasteiger partial charge in [0.05, 0.1) is 12.2 Å². The lowest BCUT2D eigenvalue weighted by atomic mass is 10.0. The molecule has 3 nitrogen and oxygen atoms in total. The number of aliphatic hydroxyl groups excluding tert-OH is 2. The van der Waals surface area contributed by atoms with Gasteiger partial charge in [-0.1, -0.05) is 0 Å². The molecule has 0 aromatic carbocycles. The van der Waals surface area contributed by atoms with Gasteiger partial charge in [0, 0.05) is 19.1 Å². The minimum Gasteiger partial charge on any atom is -0.393 e. The summed E-state index contributed by atoms with van der Waals surface area (Å²) >= 11 is 0. The molecule has 2 fully saturated rings. The third-order valence-corrected chi connectivity index (χ3v) is 3.92. The fourth-order valence-electron chi connectivity index (χ4n) is 2.88. The maximum atomic E-state index is 9.59. The number of likely N-dealkylation sites (tertiary alicyclic amines) is 1. The summed E-state index contributed by atoms with van der Waals surface area (Å²) in [5, 5.41) is 19.0. The Morgan fingerprint density at radius 1 is 0.733 bits per heavy atom. The molecule has 0 spiro atoms. The second-order valence-corrected chi connectivity index (χ2v) is 5.08. The lowest BCUT2D eigenvalue weighted by Gasteiger charge is -2.35. The van der Waals surface area contributed by atoms with Crippen LogP contribution in [0.5, 0.6) is 0 Å². The summed E-state index contributed by atoms with van der Waals surface area (Å²) in [6.07, 6.45) is 7.19. The van der Waals surface area contributed by atoms with E-state index in [-0.39, 0.29) is 12.2 Å². The Balaban J connectivity index is 1.82. The average Bonchev–Trinajstić information content (AvgIpc) is 2.44. The van der Waals surface area contributed by atoms with Crippen LogP contribution in [0.4, 0.5) is 0 Å². The summed E-state index contributed by atoms with van der Waals surface area (Å²) in [5.41, 5.74) is 0. The molecular formula is C12H23NO2. The Morgan fingerprint density at radius 3 is 2.13 bits per heavy atom. The predicted octanol–water partition coefficient (Wildman–Crippen LogP) is 1.14. The van der Waals surface area contributed by atoms with Crippen LogP contribution < -0.4 is 0 Å². The highest BCUT2D eigenvalue weighted by atomic mass is 16.3. The van der Waals surface area contributed by atoms with Crippen LogP contribution in [-0.4, -0.2) is 46.5 Å². The molecule has 1 saturated heterocycles. The molecule has 0 radical (unpaired) electrons. The summed E-state index contributed by atoms with van der Waals surface area (Å²) < 4.78 is 0. The van der Waals surface area contributed by atoms with Gasteiger partial charge in [0.25, 0.3) is 0 Å². The van der Waals surface area contributed by atoms with Gasteiger partial charge in [-0.2, -0.15) is 0 Å². The zero-order valence-electron chi connectivity index (χ0n) is 9.44. The molecule has 3 heteroatoms. The van der Waals surface area contributed by atoms with E-state index >= 15 is 0 Å². The minimum atomic E-state index is -0.0716. The number of piperidine rings is 1. The van der Waals surface area contributed by atoms with Crippen LogP contribution in [0.25, 0.3) is 0 Å². The Kier molecular flexibility index (Phi) is 4.00. The molecule has 1 aliphatic heterocycles. The van der Waals surface area contributed by atoms with Crippen molar-refractivity contribution in [3.63, 3.8) is 0 Å². The molecule has 88 valence electrons. The van der Waals surface area contributed by atoms with Gasteiger partial charge in [0.15, 0.2) is 0 Å². The molecule has 0 aromatic rings. The first-order valence-corrected chi connectivity index (χ1v) is 6.36. The van der Waals surface area contributed by atoms with E-state index in [2.05, 4.69) is 4.90 Å². The highest BCUT2D eigenvalue weighted by Gasteiger charge is 2.26. The number of hydrogen-bond donors (Lipinski definition) is 2. The number of aliphatic hydroxyl groups is 2. The summed E-state index contributed by atoms with van der Waals surface area (Å²) in [4.78, 5) is 2.52. The van der Waals surface area contributed by atoms with E-state index in [1.54, 1.807) is 0 Å². The molecule has 2 unspecified atom stereocenters. The molecular weight excluding hydrogens is 190 g/mol. The summed E-state index contributed by atoms with van der Waals surface area (Å²) in [6, 6.07) is 0.662. The van der Waals surface area contributed by atoms with Gasteiger partial charge in [-0.3, -0.25) is 0 Å². The average molecular weight is 213 g/mol. The lowest BCUT2D eigenvalue weighted by molar-refractivity contribution is 0.0552. The van der Waals surface area contributed by atoms with E-state index in [1.165, 1.54) is 6.42 Å². The van der Waals surface area contributed by atoms with Crippen molar-refractivity contribution in [2.24, 2.45) is 0 Å². The van der Waals surface area contributed by atoms with Crippen molar-refractivity contribution >= 4 is 0 Å². The summed E-state index contributed by atoms with van der Waals surface area (Å²) in [5.74, 6) is 0. The normalized spacial score (nSPS) is 36.4. The van der Waals surface area contributed by atoms with Gasteiger partial charge in [-0.25, -0.2) is 0 Å². The zero-order chi connectivity index (χ0) is 10.7. The van der Waals surface area contributed by atoms with Crippen LogP contribution in [0.2, 0.25) is 0 Å². The predicted molar refractivity (Wildman–Crippen MR) is 59.7 cm³/mol. The fourth-order valence-corrected chi connectivity index (χ4v) is 2.88. The standard InChI is InChI=1S/C12H23NO2/c14-11-3-1-2-10(4-5-11)13-8-6-12(15)7-9-13/h10-12,14-15H,1-9H2. The van der Waals surface area contributed by atoms with Gasteiger partial charge in [0.1, 0.15) is 0 Å². The molecule has 1 aliphatic carbocycles. The Hall–Kier alpha value is -0.120. The maximum Gasteiger partial charge on any atom is 0.0564 e. The van der Waals surface area contributed by atoms with Crippen molar-refractivity contribution in [1.29, 1.82) is 0 Å². The third-order valence-electron chi connectivity index (χ3n) is 3.92. The van der Waals surface area contributed by atoms with Gasteiger partial charge >= 0.3 is 0 Å². The minimum absolute atomic E-state index is 0.0645. The highest BCUT2D eigenvalue weighted by molar-refractivity contribution is 4.81. The van der Waals surface area contributed by atoms with E-state index in [4.69, 9.17) is 0 Å².